The molecule has 1 aliphatic carbocycles. The Morgan fingerprint density at radius 2 is 1.79 bits per heavy atom. The highest BCUT2D eigenvalue weighted by atomic mass is 16.7. The van der Waals surface area contributed by atoms with Gasteiger partial charge in [-0.1, -0.05) is 43.7 Å². The van der Waals surface area contributed by atoms with Crippen molar-refractivity contribution in [2.45, 2.75) is 70.9 Å². The van der Waals surface area contributed by atoms with Gasteiger partial charge in [0, 0.05) is 25.8 Å². The van der Waals surface area contributed by atoms with E-state index in [0.717, 1.165) is 18.4 Å². The van der Waals surface area contributed by atoms with E-state index in [9.17, 15) is 14.7 Å². The molecule has 0 radical (unpaired) electrons. The third-order valence-corrected chi connectivity index (χ3v) is 4.77. The van der Waals surface area contributed by atoms with Crippen LogP contribution in [0.2, 0.25) is 0 Å². The standard InChI is InChI=1S/C21H32N2O5/c1-4-10-18(23(20(25)26)15-16-11-8-7-9-12-16)21(27-5-2,28-6-3)19(24)22-17-13-14-17/h7-9,11-12,17-18H,4-6,10,13-15H2,1-3H3,(H,22,24)(H,25,26)/t18-/m0/s1. The van der Waals surface area contributed by atoms with Gasteiger partial charge in [0.2, 0.25) is 0 Å². The maximum absolute atomic E-state index is 13.2. The van der Waals surface area contributed by atoms with Gasteiger partial charge in [-0.25, -0.2) is 4.79 Å². The summed E-state index contributed by atoms with van der Waals surface area (Å²) >= 11 is 0. The number of amides is 2. The first-order chi connectivity index (χ1) is 13.5. The predicted octanol–water partition coefficient (Wildman–Crippen LogP) is 3.38. The molecule has 2 amide bonds. The largest absolute Gasteiger partial charge is 0.465 e. The molecule has 1 atom stereocenters. The van der Waals surface area contributed by atoms with Crippen LogP contribution in [0.5, 0.6) is 0 Å². The molecule has 0 aliphatic heterocycles. The Morgan fingerprint density at radius 3 is 2.25 bits per heavy atom. The smallest absolute Gasteiger partial charge is 0.408 e. The van der Waals surface area contributed by atoms with Crippen molar-refractivity contribution in [2.75, 3.05) is 13.2 Å². The van der Waals surface area contributed by atoms with Gasteiger partial charge in [-0.3, -0.25) is 9.69 Å². The summed E-state index contributed by atoms with van der Waals surface area (Å²) in [5, 5.41) is 12.9. The number of carboxylic acid groups (broad SMARTS) is 1. The second-order valence-corrected chi connectivity index (χ2v) is 6.98. The van der Waals surface area contributed by atoms with E-state index in [-0.39, 0.29) is 25.8 Å². The van der Waals surface area contributed by atoms with Crippen molar-refractivity contribution in [3.05, 3.63) is 35.9 Å². The van der Waals surface area contributed by atoms with Gasteiger partial charge in [0.25, 0.3) is 11.7 Å². The quantitative estimate of drug-likeness (QED) is 0.533. The molecule has 7 nitrogen and oxygen atoms in total. The molecule has 1 saturated carbocycles. The number of benzene rings is 1. The van der Waals surface area contributed by atoms with Gasteiger partial charge in [0.05, 0.1) is 6.04 Å². The lowest BCUT2D eigenvalue weighted by Gasteiger charge is -2.43. The lowest BCUT2D eigenvalue weighted by molar-refractivity contribution is -0.252. The molecule has 1 aromatic rings. The van der Waals surface area contributed by atoms with Crippen LogP contribution in [-0.4, -0.2) is 53.1 Å². The highest BCUT2D eigenvalue weighted by Gasteiger charge is 2.52. The van der Waals surface area contributed by atoms with Gasteiger partial charge < -0.3 is 19.9 Å². The second-order valence-electron chi connectivity index (χ2n) is 6.98. The summed E-state index contributed by atoms with van der Waals surface area (Å²) in [5.74, 6) is -2.06. The fraction of sp³-hybridized carbons (Fsp3) is 0.619. The van der Waals surface area contributed by atoms with Crippen molar-refractivity contribution in [3.63, 3.8) is 0 Å². The fourth-order valence-electron chi connectivity index (χ4n) is 3.37. The van der Waals surface area contributed by atoms with Gasteiger partial charge in [0.15, 0.2) is 0 Å². The molecule has 1 aliphatic rings. The maximum Gasteiger partial charge on any atom is 0.408 e. The predicted molar refractivity (Wildman–Crippen MR) is 106 cm³/mol. The zero-order valence-electron chi connectivity index (χ0n) is 17.0. The van der Waals surface area contributed by atoms with Crippen LogP contribution in [0.25, 0.3) is 0 Å². The van der Waals surface area contributed by atoms with E-state index >= 15 is 0 Å². The lowest BCUT2D eigenvalue weighted by atomic mass is 9.97. The number of nitrogens with zero attached hydrogens (tertiary/aromatic N) is 1. The Morgan fingerprint density at radius 1 is 1.18 bits per heavy atom. The summed E-state index contributed by atoms with van der Waals surface area (Å²) in [5.41, 5.74) is 0.843. The van der Waals surface area contributed by atoms with E-state index in [1.54, 1.807) is 13.8 Å². The van der Waals surface area contributed by atoms with Gasteiger partial charge in [0.1, 0.15) is 0 Å². The summed E-state index contributed by atoms with van der Waals surface area (Å²) in [6.07, 6.45) is 1.86. The van der Waals surface area contributed by atoms with Crippen LogP contribution >= 0.6 is 0 Å². The number of ether oxygens (including phenoxy) is 2. The fourth-order valence-corrected chi connectivity index (χ4v) is 3.37. The van der Waals surface area contributed by atoms with E-state index in [1.807, 2.05) is 37.3 Å². The molecular formula is C21H32N2O5. The van der Waals surface area contributed by atoms with E-state index in [1.165, 1.54) is 4.90 Å². The zero-order chi connectivity index (χ0) is 20.6. The van der Waals surface area contributed by atoms with Gasteiger partial charge >= 0.3 is 6.09 Å². The van der Waals surface area contributed by atoms with Crippen molar-refractivity contribution in [1.82, 2.24) is 10.2 Å². The van der Waals surface area contributed by atoms with E-state index < -0.39 is 23.8 Å². The Balaban J connectivity index is 2.43. The molecule has 1 fully saturated rings. The molecule has 0 bridgehead atoms. The monoisotopic (exact) mass is 392 g/mol. The van der Waals surface area contributed by atoms with Crippen LogP contribution in [0.1, 0.15) is 52.0 Å². The van der Waals surface area contributed by atoms with E-state index in [4.69, 9.17) is 9.47 Å². The molecule has 2 rings (SSSR count). The number of carbonyl (C=O) groups excluding carboxylic acids is 1. The van der Waals surface area contributed by atoms with Crippen molar-refractivity contribution in [2.24, 2.45) is 0 Å². The highest BCUT2D eigenvalue weighted by Crippen LogP contribution is 2.31. The second kappa shape index (κ2) is 10.4. The first-order valence-corrected chi connectivity index (χ1v) is 10.1. The molecule has 0 aromatic heterocycles. The molecule has 156 valence electrons. The molecule has 0 saturated heterocycles. The molecular weight excluding hydrogens is 360 g/mol. The summed E-state index contributed by atoms with van der Waals surface area (Å²) < 4.78 is 11.8. The van der Waals surface area contributed by atoms with Crippen molar-refractivity contribution in [1.29, 1.82) is 0 Å². The lowest BCUT2D eigenvalue weighted by Crippen LogP contribution is -2.64. The Kier molecular flexibility index (Phi) is 8.26. The molecule has 0 spiro atoms. The topological polar surface area (TPSA) is 88.1 Å². The minimum absolute atomic E-state index is 0.113. The van der Waals surface area contributed by atoms with Crippen molar-refractivity contribution >= 4 is 12.0 Å². The minimum Gasteiger partial charge on any atom is -0.465 e. The number of hydrogen-bond acceptors (Lipinski definition) is 4. The maximum atomic E-state index is 13.2. The highest BCUT2D eigenvalue weighted by molar-refractivity contribution is 5.86. The average Bonchev–Trinajstić information content (AvgIpc) is 3.49. The number of carbonyl (C=O) groups is 2. The minimum atomic E-state index is -1.67. The van der Waals surface area contributed by atoms with Crippen LogP contribution in [-0.2, 0) is 20.8 Å². The summed E-state index contributed by atoms with van der Waals surface area (Å²) in [7, 11) is 0. The van der Waals surface area contributed by atoms with Gasteiger partial charge in [-0.15, -0.1) is 0 Å². The molecule has 28 heavy (non-hydrogen) atoms. The molecule has 2 N–H and O–H groups in total. The summed E-state index contributed by atoms with van der Waals surface area (Å²) in [4.78, 5) is 26.7. The molecule has 1 aromatic carbocycles. The van der Waals surface area contributed by atoms with Crippen molar-refractivity contribution < 1.29 is 24.2 Å². The zero-order valence-corrected chi connectivity index (χ0v) is 17.0. The Labute approximate surface area is 167 Å². The SMILES string of the molecule is CCC[C@H](N(Cc1ccccc1)C(=O)O)C(OCC)(OCC)C(=O)NC1CC1. The number of hydrogen-bond donors (Lipinski definition) is 2. The summed E-state index contributed by atoms with van der Waals surface area (Å²) in [6.45, 7) is 6.14. The Hall–Kier alpha value is -2.12. The van der Waals surface area contributed by atoms with Crippen LogP contribution in [0.3, 0.4) is 0 Å². The summed E-state index contributed by atoms with van der Waals surface area (Å²) in [6, 6.07) is 8.69. The van der Waals surface area contributed by atoms with E-state index in [0.29, 0.717) is 12.8 Å². The molecule has 0 unspecified atom stereocenters. The van der Waals surface area contributed by atoms with Gasteiger partial charge in [-0.05, 0) is 38.7 Å². The van der Waals surface area contributed by atoms with Crippen LogP contribution in [0.15, 0.2) is 30.3 Å². The van der Waals surface area contributed by atoms with Crippen molar-refractivity contribution in [3.8, 4) is 0 Å². The number of rotatable bonds is 12. The average molecular weight is 392 g/mol. The third-order valence-electron chi connectivity index (χ3n) is 4.77. The van der Waals surface area contributed by atoms with Crippen LogP contribution < -0.4 is 5.32 Å². The Bertz CT molecular complexity index is 627. The first kappa shape index (κ1) is 22.2. The first-order valence-electron chi connectivity index (χ1n) is 10.1. The molecule has 0 heterocycles. The number of nitrogens with one attached hydrogen (secondary N) is 1. The normalized spacial score (nSPS) is 15.1. The molecule has 7 heteroatoms. The van der Waals surface area contributed by atoms with Crippen LogP contribution in [0, 0.1) is 0 Å². The van der Waals surface area contributed by atoms with Gasteiger partial charge in [-0.2, -0.15) is 0 Å². The third kappa shape index (κ3) is 5.45. The van der Waals surface area contributed by atoms with E-state index in [2.05, 4.69) is 5.32 Å². The van der Waals surface area contributed by atoms with Crippen LogP contribution in [0.4, 0.5) is 4.79 Å².